The van der Waals surface area contributed by atoms with E-state index in [2.05, 4.69) is 32.2 Å². The summed E-state index contributed by atoms with van der Waals surface area (Å²) in [5.74, 6) is 0. The predicted molar refractivity (Wildman–Crippen MR) is 85.1 cm³/mol. The summed E-state index contributed by atoms with van der Waals surface area (Å²) < 4.78 is 5.55. The lowest BCUT2D eigenvalue weighted by atomic mass is 10.2. The van der Waals surface area contributed by atoms with Crippen molar-refractivity contribution < 1.29 is 4.42 Å². The first-order valence-electron chi connectivity index (χ1n) is 7.11. The summed E-state index contributed by atoms with van der Waals surface area (Å²) in [4.78, 5) is 9.03. The van der Waals surface area contributed by atoms with Gasteiger partial charge in [0.1, 0.15) is 6.26 Å². The van der Waals surface area contributed by atoms with Gasteiger partial charge in [-0.1, -0.05) is 11.6 Å². The number of nitrogens with one attached hydrogen (secondary N) is 1. The van der Waals surface area contributed by atoms with Crippen LogP contribution in [0, 0.1) is 0 Å². The maximum atomic E-state index is 5.93. The van der Waals surface area contributed by atoms with Gasteiger partial charge in [-0.25, -0.2) is 0 Å². The second-order valence-electron chi connectivity index (χ2n) is 5.10. The van der Waals surface area contributed by atoms with Crippen molar-refractivity contribution in [3.63, 3.8) is 0 Å². The minimum Gasteiger partial charge on any atom is -0.432 e. The van der Waals surface area contributed by atoms with Crippen LogP contribution < -0.4 is 15.1 Å². The highest BCUT2D eigenvalue weighted by Gasteiger charge is 2.20. The summed E-state index contributed by atoms with van der Waals surface area (Å²) in [5, 5.41) is 3.85. The molecule has 0 amide bonds. The summed E-state index contributed by atoms with van der Waals surface area (Å²) in [5.41, 5.74) is 2.15. The van der Waals surface area contributed by atoms with Crippen molar-refractivity contribution in [2.45, 2.75) is 6.54 Å². The van der Waals surface area contributed by atoms with Crippen LogP contribution >= 0.6 is 11.6 Å². The molecule has 1 aromatic heterocycles. The Bertz CT molecular complexity index is 576. The van der Waals surface area contributed by atoms with Crippen molar-refractivity contribution in [3.8, 4) is 0 Å². The van der Waals surface area contributed by atoms with Gasteiger partial charge < -0.3 is 19.5 Å². The number of aromatic nitrogens is 1. The summed E-state index contributed by atoms with van der Waals surface area (Å²) in [7, 11) is 1.90. The van der Waals surface area contributed by atoms with E-state index in [4.69, 9.17) is 16.0 Å². The lowest BCUT2D eigenvalue weighted by Gasteiger charge is -2.35. The Morgan fingerprint density at radius 3 is 2.48 bits per heavy atom. The van der Waals surface area contributed by atoms with Crippen LogP contribution in [0.4, 0.5) is 11.7 Å². The van der Waals surface area contributed by atoms with E-state index < -0.39 is 0 Å². The molecule has 0 atom stereocenters. The highest BCUT2D eigenvalue weighted by atomic mass is 35.5. The number of halogens is 1. The van der Waals surface area contributed by atoms with E-state index in [0.717, 1.165) is 49.5 Å². The third-order valence-corrected chi connectivity index (χ3v) is 3.89. The van der Waals surface area contributed by atoms with Gasteiger partial charge in [0.2, 0.25) is 0 Å². The minimum absolute atomic E-state index is 0.719. The molecule has 3 rings (SSSR count). The molecular weight excluding hydrogens is 288 g/mol. The standard InChI is InChI=1S/C15H19ClN4O/c1-17-10-13-11-21-15(18-13)20-8-6-19(7-9-20)14-4-2-12(16)3-5-14/h2-5,11,17H,6-10H2,1H3. The monoisotopic (exact) mass is 306 g/mol. The Morgan fingerprint density at radius 2 is 1.81 bits per heavy atom. The summed E-state index contributed by atoms with van der Waals surface area (Å²) in [6, 6.07) is 8.71. The smallest absolute Gasteiger partial charge is 0.297 e. The number of benzene rings is 1. The largest absolute Gasteiger partial charge is 0.432 e. The van der Waals surface area contributed by atoms with Crippen LogP contribution in [0.2, 0.25) is 5.02 Å². The van der Waals surface area contributed by atoms with Crippen LogP contribution in [0.3, 0.4) is 0 Å². The lowest BCUT2D eigenvalue weighted by molar-refractivity contribution is 0.515. The average molecular weight is 307 g/mol. The van der Waals surface area contributed by atoms with E-state index in [-0.39, 0.29) is 0 Å². The van der Waals surface area contributed by atoms with Crippen molar-refractivity contribution in [1.29, 1.82) is 0 Å². The van der Waals surface area contributed by atoms with E-state index in [1.807, 2.05) is 19.2 Å². The maximum Gasteiger partial charge on any atom is 0.297 e. The molecule has 0 saturated carbocycles. The molecule has 1 fully saturated rings. The minimum atomic E-state index is 0.719. The molecule has 21 heavy (non-hydrogen) atoms. The Labute approximate surface area is 129 Å². The molecule has 1 saturated heterocycles. The molecule has 2 aromatic rings. The number of piperazine rings is 1. The molecule has 0 radical (unpaired) electrons. The molecule has 6 heteroatoms. The van der Waals surface area contributed by atoms with Crippen molar-refractivity contribution in [2.75, 3.05) is 43.0 Å². The van der Waals surface area contributed by atoms with Gasteiger partial charge in [0.05, 0.1) is 5.69 Å². The molecule has 2 heterocycles. The predicted octanol–water partition coefficient (Wildman–Crippen LogP) is 2.37. The summed E-state index contributed by atoms with van der Waals surface area (Å²) in [6.07, 6.45) is 1.72. The fourth-order valence-corrected chi connectivity index (χ4v) is 2.64. The zero-order chi connectivity index (χ0) is 14.7. The van der Waals surface area contributed by atoms with E-state index in [1.165, 1.54) is 5.69 Å². The van der Waals surface area contributed by atoms with E-state index in [9.17, 15) is 0 Å². The first-order chi connectivity index (χ1) is 10.3. The number of hydrogen-bond acceptors (Lipinski definition) is 5. The van der Waals surface area contributed by atoms with Crippen molar-refractivity contribution in [1.82, 2.24) is 10.3 Å². The molecule has 5 nitrogen and oxygen atoms in total. The Morgan fingerprint density at radius 1 is 1.14 bits per heavy atom. The molecule has 0 spiro atoms. The molecule has 0 aliphatic carbocycles. The highest BCUT2D eigenvalue weighted by molar-refractivity contribution is 6.30. The van der Waals surface area contributed by atoms with Crippen LogP contribution in [-0.4, -0.2) is 38.2 Å². The topological polar surface area (TPSA) is 44.5 Å². The van der Waals surface area contributed by atoms with Crippen molar-refractivity contribution in [3.05, 3.63) is 41.2 Å². The van der Waals surface area contributed by atoms with Crippen LogP contribution in [0.15, 0.2) is 34.9 Å². The maximum absolute atomic E-state index is 5.93. The Kier molecular flexibility index (Phi) is 4.31. The van der Waals surface area contributed by atoms with Gasteiger partial charge in [0.25, 0.3) is 6.01 Å². The first-order valence-corrected chi connectivity index (χ1v) is 7.48. The number of hydrogen-bond donors (Lipinski definition) is 1. The van der Waals surface area contributed by atoms with Gasteiger partial charge in [0, 0.05) is 43.4 Å². The number of anilines is 2. The molecule has 0 bridgehead atoms. The third-order valence-electron chi connectivity index (χ3n) is 3.64. The quantitative estimate of drug-likeness (QED) is 0.939. The van der Waals surface area contributed by atoms with Gasteiger partial charge in [-0.05, 0) is 31.3 Å². The number of rotatable bonds is 4. The zero-order valence-corrected chi connectivity index (χ0v) is 12.8. The fraction of sp³-hybridized carbons (Fsp3) is 0.400. The molecular formula is C15H19ClN4O. The highest BCUT2D eigenvalue weighted by Crippen LogP contribution is 2.21. The third kappa shape index (κ3) is 3.31. The SMILES string of the molecule is CNCc1coc(N2CCN(c3ccc(Cl)cc3)CC2)n1. The fourth-order valence-electron chi connectivity index (χ4n) is 2.51. The summed E-state index contributed by atoms with van der Waals surface area (Å²) in [6.45, 7) is 4.44. The average Bonchev–Trinajstić information content (AvgIpc) is 2.97. The summed E-state index contributed by atoms with van der Waals surface area (Å²) >= 11 is 5.93. The van der Waals surface area contributed by atoms with E-state index >= 15 is 0 Å². The van der Waals surface area contributed by atoms with Crippen LogP contribution in [0.1, 0.15) is 5.69 Å². The Hall–Kier alpha value is -1.72. The molecule has 1 N–H and O–H groups in total. The van der Waals surface area contributed by atoms with Gasteiger partial charge >= 0.3 is 0 Å². The van der Waals surface area contributed by atoms with Crippen molar-refractivity contribution >= 4 is 23.3 Å². The molecule has 1 aromatic carbocycles. The molecule has 0 unspecified atom stereocenters. The first kappa shape index (κ1) is 14.2. The van der Waals surface area contributed by atoms with Crippen LogP contribution in [-0.2, 0) is 6.54 Å². The number of nitrogens with zero attached hydrogens (tertiary/aromatic N) is 3. The molecule has 1 aliphatic rings. The van der Waals surface area contributed by atoms with Crippen molar-refractivity contribution in [2.24, 2.45) is 0 Å². The zero-order valence-electron chi connectivity index (χ0n) is 12.1. The Balaban J connectivity index is 1.60. The van der Waals surface area contributed by atoms with Gasteiger partial charge in [-0.3, -0.25) is 0 Å². The van der Waals surface area contributed by atoms with Gasteiger partial charge in [0.15, 0.2) is 0 Å². The van der Waals surface area contributed by atoms with Crippen LogP contribution in [0.5, 0.6) is 0 Å². The number of oxazole rings is 1. The van der Waals surface area contributed by atoms with Gasteiger partial charge in [-0.15, -0.1) is 0 Å². The lowest BCUT2D eigenvalue weighted by Crippen LogP contribution is -2.46. The second-order valence-corrected chi connectivity index (χ2v) is 5.54. The van der Waals surface area contributed by atoms with Crippen LogP contribution in [0.25, 0.3) is 0 Å². The normalized spacial score (nSPS) is 15.5. The van der Waals surface area contributed by atoms with Gasteiger partial charge in [-0.2, -0.15) is 4.98 Å². The second kappa shape index (κ2) is 6.37. The molecule has 1 aliphatic heterocycles. The molecule has 112 valence electrons. The van der Waals surface area contributed by atoms with E-state index in [1.54, 1.807) is 6.26 Å². The van der Waals surface area contributed by atoms with E-state index in [0.29, 0.717) is 0 Å².